The standard InChI is InChI=1S/C12H15Br2NO2/c1-12(2,3)11(14)6-8-4-5-9(15(16)17)7-10(8)13/h4-5,7,11H,6H2,1-3H3. The number of halogens is 2. The van der Waals surface area contributed by atoms with Crippen LogP contribution in [0.25, 0.3) is 0 Å². The van der Waals surface area contributed by atoms with Gasteiger partial charge in [-0.15, -0.1) is 0 Å². The van der Waals surface area contributed by atoms with Gasteiger partial charge in [-0.25, -0.2) is 0 Å². The molecule has 0 spiro atoms. The number of benzene rings is 1. The van der Waals surface area contributed by atoms with Crippen molar-refractivity contribution >= 4 is 37.5 Å². The molecule has 0 fully saturated rings. The van der Waals surface area contributed by atoms with E-state index in [0.717, 1.165) is 16.5 Å². The zero-order chi connectivity index (χ0) is 13.2. The van der Waals surface area contributed by atoms with Gasteiger partial charge in [0.05, 0.1) is 4.92 Å². The summed E-state index contributed by atoms with van der Waals surface area (Å²) in [5.41, 5.74) is 1.34. The lowest BCUT2D eigenvalue weighted by Crippen LogP contribution is -2.22. The van der Waals surface area contributed by atoms with Gasteiger partial charge in [0, 0.05) is 21.4 Å². The average molecular weight is 365 g/mol. The fourth-order valence-electron chi connectivity index (χ4n) is 1.31. The van der Waals surface area contributed by atoms with Gasteiger partial charge in [0.2, 0.25) is 0 Å². The SMILES string of the molecule is CC(C)(C)C(Br)Cc1ccc([N+](=O)[O-])cc1Br. The van der Waals surface area contributed by atoms with Crippen LogP contribution < -0.4 is 0 Å². The van der Waals surface area contributed by atoms with E-state index in [0.29, 0.717) is 4.83 Å². The number of nitrogens with zero attached hydrogens (tertiary/aromatic N) is 1. The highest BCUT2D eigenvalue weighted by Crippen LogP contribution is 2.32. The van der Waals surface area contributed by atoms with Crippen LogP contribution in [0.5, 0.6) is 0 Å². The number of nitro benzene ring substituents is 1. The van der Waals surface area contributed by atoms with Crippen molar-refractivity contribution < 1.29 is 4.92 Å². The minimum atomic E-state index is -0.385. The lowest BCUT2D eigenvalue weighted by molar-refractivity contribution is -0.384. The van der Waals surface area contributed by atoms with Crippen LogP contribution in [0.3, 0.4) is 0 Å². The van der Waals surface area contributed by atoms with Gasteiger partial charge in [0.1, 0.15) is 0 Å². The topological polar surface area (TPSA) is 43.1 Å². The third kappa shape index (κ3) is 4.07. The zero-order valence-corrected chi connectivity index (χ0v) is 13.2. The van der Waals surface area contributed by atoms with Gasteiger partial charge in [-0.2, -0.15) is 0 Å². The predicted octanol–water partition coefficient (Wildman–Crippen LogP) is 4.71. The maximum Gasteiger partial charge on any atom is 0.270 e. The van der Waals surface area contributed by atoms with E-state index in [1.54, 1.807) is 12.1 Å². The van der Waals surface area contributed by atoms with Crippen molar-refractivity contribution in [3.05, 3.63) is 38.3 Å². The summed E-state index contributed by atoms with van der Waals surface area (Å²) >= 11 is 7.05. The molecule has 0 saturated carbocycles. The highest BCUT2D eigenvalue weighted by atomic mass is 79.9. The summed E-state index contributed by atoms with van der Waals surface area (Å²) < 4.78 is 0.792. The van der Waals surface area contributed by atoms with Crippen LogP contribution in [0, 0.1) is 15.5 Å². The van der Waals surface area contributed by atoms with Crippen LogP contribution in [-0.4, -0.2) is 9.75 Å². The molecule has 1 rings (SSSR count). The van der Waals surface area contributed by atoms with E-state index < -0.39 is 0 Å². The van der Waals surface area contributed by atoms with Gasteiger partial charge >= 0.3 is 0 Å². The fraction of sp³-hybridized carbons (Fsp3) is 0.500. The van der Waals surface area contributed by atoms with Crippen LogP contribution in [0.1, 0.15) is 26.3 Å². The molecule has 1 aromatic rings. The largest absolute Gasteiger partial charge is 0.270 e. The number of non-ortho nitro benzene ring substituents is 1. The molecule has 0 amide bonds. The van der Waals surface area contributed by atoms with Crippen LogP contribution in [0.15, 0.2) is 22.7 Å². The molecule has 0 heterocycles. The Balaban J connectivity index is 2.90. The highest BCUT2D eigenvalue weighted by Gasteiger charge is 2.23. The lowest BCUT2D eigenvalue weighted by Gasteiger charge is -2.25. The molecule has 17 heavy (non-hydrogen) atoms. The van der Waals surface area contributed by atoms with Gasteiger partial charge in [-0.1, -0.05) is 58.7 Å². The Labute approximate surface area is 118 Å². The molecule has 0 saturated heterocycles. The van der Waals surface area contributed by atoms with Crippen molar-refractivity contribution in [3.8, 4) is 0 Å². The third-order valence-corrected chi connectivity index (χ3v) is 5.02. The number of hydrogen-bond acceptors (Lipinski definition) is 2. The molecule has 0 aromatic heterocycles. The van der Waals surface area contributed by atoms with Gasteiger partial charge < -0.3 is 0 Å². The first-order valence-corrected chi connectivity index (χ1v) is 6.99. The third-order valence-electron chi connectivity index (χ3n) is 2.59. The normalized spacial score (nSPS) is 13.5. The molecule has 1 atom stereocenters. The fourth-order valence-corrected chi connectivity index (χ4v) is 2.19. The molecule has 5 heteroatoms. The molecule has 94 valence electrons. The highest BCUT2D eigenvalue weighted by molar-refractivity contribution is 9.10. The Morgan fingerprint density at radius 3 is 2.41 bits per heavy atom. The van der Waals surface area contributed by atoms with E-state index in [2.05, 4.69) is 52.6 Å². The van der Waals surface area contributed by atoms with Crippen molar-refractivity contribution in [1.29, 1.82) is 0 Å². The van der Waals surface area contributed by atoms with Crippen molar-refractivity contribution in [3.63, 3.8) is 0 Å². The summed E-state index contributed by atoms with van der Waals surface area (Å²) in [6.45, 7) is 6.48. The number of alkyl halides is 1. The minimum Gasteiger partial charge on any atom is -0.258 e. The lowest BCUT2D eigenvalue weighted by atomic mass is 9.88. The smallest absolute Gasteiger partial charge is 0.258 e. The van der Waals surface area contributed by atoms with E-state index >= 15 is 0 Å². The Bertz CT molecular complexity index is 427. The Morgan fingerprint density at radius 1 is 1.41 bits per heavy atom. The van der Waals surface area contributed by atoms with E-state index in [1.807, 2.05) is 6.07 Å². The molecule has 0 aliphatic rings. The average Bonchev–Trinajstić information content (AvgIpc) is 2.19. The molecule has 0 bridgehead atoms. The summed E-state index contributed by atoms with van der Waals surface area (Å²) in [6, 6.07) is 4.91. The quantitative estimate of drug-likeness (QED) is 0.442. The number of hydrogen-bond donors (Lipinski definition) is 0. The number of rotatable bonds is 3. The first kappa shape index (κ1) is 14.6. The molecular formula is C12H15Br2NO2. The Kier molecular flexibility index (Phi) is 4.72. The molecule has 0 aliphatic carbocycles. The summed E-state index contributed by atoms with van der Waals surface area (Å²) in [7, 11) is 0. The van der Waals surface area contributed by atoms with Gasteiger partial charge in [-0.3, -0.25) is 10.1 Å². The van der Waals surface area contributed by atoms with E-state index in [1.165, 1.54) is 0 Å². The van der Waals surface area contributed by atoms with E-state index in [9.17, 15) is 10.1 Å². The van der Waals surface area contributed by atoms with Crippen molar-refractivity contribution in [2.24, 2.45) is 5.41 Å². The summed E-state index contributed by atoms with van der Waals surface area (Å²) in [6.07, 6.45) is 0.835. The van der Waals surface area contributed by atoms with Crippen LogP contribution in [0.4, 0.5) is 5.69 Å². The maximum atomic E-state index is 10.6. The van der Waals surface area contributed by atoms with Crippen molar-refractivity contribution in [2.75, 3.05) is 0 Å². The monoisotopic (exact) mass is 363 g/mol. The van der Waals surface area contributed by atoms with Gasteiger partial charge in [0.25, 0.3) is 5.69 Å². The number of nitro groups is 1. The molecule has 0 radical (unpaired) electrons. The molecule has 0 aliphatic heterocycles. The molecule has 1 unspecified atom stereocenters. The Morgan fingerprint density at radius 2 is 2.00 bits per heavy atom. The van der Waals surface area contributed by atoms with Gasteiger partial charge in [0.15, 0.2) is 0 Å². The summed E-state index contributed by atoms with van der Waals surface area (Å²) in [5, 5.41) is 10.6. The van der Waals surface area contributed by atoms with E-state index in [4.69, 9.17) is 0 Å². The molecule has 0 N–H and O–H groups in total. The maximum absolute atomic E-state index is 10.6. The first-order chi connectivity index (χ1) is 7.71. The minimum absolute atomic E-state index is 0.113. The molecule has 1 aromatic carbocycles. The first-order valence-electron chi connectivity index (χ1n) is 5.28. The van der Waals surface area contributed by atoms with Crippen LogP contribution in [0.2, 0.25) is 0 Å². The van der Waals surface area contributed by atoms with E-state index in [-0.39, 0.29) is 16.0 Å². The summed E-state index contributed by atoms with van der Waals surface area (Å²) in [5.74, 6) is 0. The van der Waals surface area contributed by atoms with Crippen LogP contribution in [-0.2, 0) is 6.42 Å². The van der Waals surface area contributed by atoms with Crippen molar-refractivity contribution in [2.45, 2.75) is 32.0 Å². The summed E-state index contributed by atoms with van der Waals surface area (Å²) in [4.78, 5) is 10.6. The second-order valence-corrected chi connectivity index (χ2v) is 7.03. The predicted molar refractivity (Wildman–Crippen MR) is 76.7 cm³/mol. The second kappa shape index (κ2) is 5.48. The second-order valence-electron chi connectivity index (χ2n) is 5.07. The van der Waals surface area contributed by atoms with Crippen molar-refractivity contribution in [1.82, 2.24) is 0 Å². The molecular weight excluding hydrogens is 350 g/mol. The molecule has 3 nitrogen and oxygen atoms in total. The van der Waals surface area contributed by atoms with Crippen LogP contribution >= 0.6 is 31.9 Å². The zero-order valence-electron chi connectivity index (χ0n) is 10.0. The van der Waals surface area contributed by atoms with Gasteiger partial charge in [-0.05, 0) is 17.4 Å². The Hall–Kier alpha value is -0.420.